The van der Waals surface area contributed by atoms with Gasteiger partial charge in [0.1, 0.15) is 6.54 Å². The van der Waals surface area contributed by atoms with Crippen LogP contribution in [0.3, 0.4) is 0 Å². The van der Waals surface area contributed by atoms with Crippen LogP contribution >= 0.6 is 24.0 Å². The Morgan fingerprint density at radius 2 is 1.92 bits per heavy atom. The third-order valence-electron chi connectivity index (χ3n) is 4.80. The lowest BCUT2D eigenvalue weighted by atomic mass is 10.2. The Labute approximate surface area is 161 Å². The van der Waals surface area contributed by atoms with Gasteiger partial charge in [-0.05, 0) is 19.3 Å². The first-order valence-electron chi connectivity index (χ1n) is 8.71. The maximum absolute atomic E-state index is 11.8. The predicted octanol–water partition coefficient (Wildman–Crippen LogP) is 0.207. The summed E-state index contributed by atoms with van der Waals surface area (Å²) in [5, 5.41) is 3.51. The van der Waals surface area contributed by atoms with E-state index in [1.54, 1.807) is 19.0 Å². The minimum Gasteiger partial charge on any atom is -0.379 e. The van der Waals surface area contributed by atoms with E-state index < -0.39 is 0 Å². The highest BCUT2D eigenvalue weighted by molar-refractivity contribution is 14.0. The van der Waals surface area contributed by atoms with Gasteiger partial charge in [-0.25, -0.2) is 4.99 Å². The molecule has 0 aromatic heterocycles. The normalized spacial score (nSPS) is 25.3. The zero-order valence-electron chi connectivity index (χ0n) is 14.7. The van der Waals surface area contributed by atoms with E-state index in [0.29, 0.717) is 12.1 Å². The summed E-state index contributed by atoms with van der Waals surface area (Å²) >= 11 is 0. The molecule has 3 aliphatic rings. The first-order valence-corrected chi connectivity index (χ1v) is 8.71. The maximum Gasteiger partial charge on any atom is 0.243 e. The van der Waals surface area contributed by atoms with Crippen molar-refractivity contribution in [3.8, 4) is 0 Å². The molecular formula is C16H30IN5O2. The smallest absolute Gasteiger partial charge is 0.243 e. The van der Waals surface area contributed by atoms with Crippen LogP contribution in [0.5, 0.6) is 0 Å². The molecule has 2 saturated heterocycles. The van der Waals surface area contributed by atoms with Gasteiger partial charge >= 0.3 is 0 Å². The molecule has 24 heavy (non-hydrogen) atoms. The topological polar surface area (TPSA) is 60.4 Å². The number of carbonyl (C=O) groups excluding carboxylic acids is 1. The van der Waals surface area contributed by atoms with Crippen molar-refractivity contribution in [1.29, 1.82) is 0 Å². The molecule has 2 aliphatic heterocycles. The van der Waals surface area contributed by atoms with E-state index in [2.05, 4.69) is 20.1 Å². The van der Waals surface area contributed by atoms with E-state index in [0.717, 1.165) is 51.8 Å². The molecule has 0 spiro atoms. The number of hydrogen-bond acceptors (Lipinski definition) is 4. The first kappa shape index (κ1) is 19.7. The van der Waals surface area contributed by atoms with Crippen LogP contribution in [0.1, 0.15) is 19.3 Å². The summed E-state index contributed by atoms with van der Waals surface area (Å²) in [5.74, 6) is 0.961. The van der Waals surface area contributed by atoms with E-state index in [9.17, 15) is 4.79 Å². The Morgan fingerprint density at radius 1 is 1.21 bits per heavy atom. The number of ether oxygens (including phenoxy) is 1. The number of carbonyl (C=O) groups is 1. The fourth-order valence-corrected chi connectivity index (χ4v) is 3.11. The number of likely N-dealkylation sites (tertiary alicyclic amines) is 1. The SMILES string of the molecule is CN(C)C(=O)CN=C(NC1CC1)N1CCC(N2CCOCC2)C1.I. The maximum atomic E-state index is 11.8. The molecule has 3 rings (SSSR count). The molecule has 1 atom stereocenters. The Bertz CT molecular complexity index is 450. The molecule has 2 heterocycles. The van der Waals surface area contributed by atoms with Crippen LogP contribution in [-0.4, -0.2) is 98.7 Å². The van der Waals surface area contributed by atoms with Gasteiger partial charge in [-0.15, -0.1) is 24.0 Å². The highest BCUT2D eigenvalue weighted by Crippen LogP contribution is 2.21. The van der Waals surface area contributed by atoms with Crippen molar-refractivity contribution in [2.45, 2.75) is 31.3 Å². The van der Waals surface area contributed by atoms with E-state index in [4.69, 9.17) is 4.74 Å². The average Bonchev–Trinajstić information content (AvgIpc) is 3.25. The Balaban J connectivity index is 0.00000208. The van der Waals surface area contributed by atoms with Gasteiger partial charge in [0.15, 0.2) is 5.96 Å². The predicted molar refractivity (Wildman–Crippen MR) is 105 cm³/mol. The number of nitrogens with zero attached hydrogens (tertiary/aromatic N) is 4. The van der Waals surface area contributed by atoms with Gasteiger partial charge in [-0.2, -0.15) is 0 Å². The zero-order chi connectivity index (χ0) is 16.2. The number of rotatable bonds is 4. The quantitative estimate of drug-likeness (QED) is 0.376. The Morgan fingerprint density at radius 3 is 2.54 bits per heavy atom. The van der Waals surface area contributed by atoms with Gasteiger partial charge < -0.3 is 19.9 Å². The standard InChI is InChI=1S/C16H29N5O2.HI/c1-19(2)15(22)11-17-16(18-13-3-4-13)21-6-5-14(12-21)20-7-9-23-10-8-20;/h13-14H,3-12H2,1-2H3,(H,17,18);1H. The second-order valence-corrected chi connectivity index (χ2v) is 6.88. The van der Waals surface area contributed by atoms with Crippen LogP contribution in [-0.2, 0) is 9.53 Å². The summed E-state index contributed by atoms with van der Waals surface area (Å²) in [7, 11) is 3.55. The monoisotopic (exact) mass is 451 g/mol. The molecule has 7 nitrogen and oxygen atoms in total. The highest BCUT2D eigenvalue weighted by atomic mass is 127. The lowest BCUT2D eigenvalue weighted by molar-refractivity contribution is -0.127. The molecule has 1 N–H and O–H groups in total. The van der Waals surface area contributed by atoms with Crippen molar-refractivity contribution in [1.82, 2.24) is 20.0 Å². The van der Waals surface area contributed by atoms with Crippen molar-refractivity contribution in [3.05, 3.63) is 0 Å². The number of halogens is 1. The number of guanidine groups is 1. The minimum absolute atomic E-state index is 0. The number of aliphatic imine (C=N–C) groups is 1. The zero-order valence-corrected chi connectivity index (χ0v) is 17.1. The molecular weight excluding hydrogens is 421 g/mol. The number of hydrogen-bond donors (Lipinski definition) is 1. The lowest BCUT2D eigenvalue weighted by Crippen LogP contribution is -2.47. The van der Waals surface area contributed by atoms with Crippen LogP contribution in [0.2, 0.25) is 0 Å². The van der Waals surface area contributed by atoms with Crippen molar-refractivity contribution in [3.63, 3.8) is 0 Å². The lowest BCUT2D eigenvalue weighted by Gasteiger charge is -2.32. The summed E-state index contributed by atoms with van der Waals surface area (Å²) in [6, 6.07) is 1.13. The van der Waals surface area contributed by atoms with Crippen LogP contribution in [0, 0.1) is 0 Å². The summed E-state index contributed by atoms with van der Waals surface area (Å²) in [6.07, 6.45) is 3.58. The van der Waals surface area contributed by atoms with Gasteiger partial charge in [0.05, 0.1) is 13.2 Å². The van der Waals surface area contributed by atoms with Crippen molar-refractivity contribution >= 4 is 35.8 Å². The third kappa shape index (κ3) is 5.45. The summed E-state index contributed by atoms with van der Waals surface area (Å²) < 4.78 is 5.45. The molecule has 0 aromatic rings. The molecule has 1 amide bonds. The molecule has 138 valence electrons. The van der Waals surface area contributed by atoms with E-state index >= 15 is 0 Å². The van der Waals surface area contributed by atoms with Crippen LogP contribution < -0.4 is 5.32 Å². The molecule has 3 fully saturated rings. The van der Waals surface area contributed by atoms with Gasteiger partial charge in [0, 0.05) is 52.4 Å². The molecule has 0 bridgehead atoms. The second-order valence-electron chi connectivity index (χ2n) is 6.88. The van der Waals surface area contributed by atoms with Crippen molar-refractivity contribution < 1.29 is 9.53 Å². The van der Waals surface area contributed by atoms with Crippen LogP contribution in [0.4, 0.5) is 0 Å². The summed E-state index contributed by atoms with van der Waals surface area (Å²) in [4.78, 5) is 22.9. The van der Waals surface area contributed by atoms with Gasteiger partial charge in [-0.1, -0.05) is 0 Å². The Hall–Kier alpha value is -0.610. The van der Waals surface area contributed by atoms with Gasteiger partial charge in [-0.3, -0.25) is 9.69 Å². The largest absolute Gasteiger partial charge is 0.379 e. The first-order chi connectivity index (χ1) is 11.1. The van der Waals surface area contributed by atoms with E-state index in [-0.39, 0.29) is 36.4 Å². The van der Waals surface area contributed by atoms with E-state index in [1.807, 2.05) is 0 Å². The molecule has 1 aliphatic carbocycles. The Kier molecular flexibility index (Phi) is 7.55. The van der Waals surface area contributed by atoms with Crippen molar-refractivity contribution in [2.75, 3.05) is 60.0 Å². The molecule has 0 aromatic carbocycles. The van der Waals surface area contributed by atoms with Gasteiger partial charge in [0.25, 0.3) is 0 Å². The number of amides is 1. The van der Waals surface area contributed by atoms with Crippen LogP contribution in [0.25, 0.3) is 0 Å². The number of morpholine rings is 1. The summed E-state index contributed by atoms with van der Waals surface area (Å²) in [6.45, 7) is 5.97. The molecule has 8 heteroatoms. The van der Waals surface area contributed by atoms with Gasteiger partial charge in [0.2, 0.25) is 5.91 Å². The number of likely N-dealkylation sites (N-methyl/N-ethyl adjacent to an activating group) is 1. The fraction of sp³-hybridized carbons (Fsp3) is 0.875. The minimum atomic E-state index is 0. The van der Waals surface area contributed by atoms with Crippen LogP contribution in [0.15, 0.2) is 4.99 Å². The highest BCUT2D eigenvalue weighted by Gasteiger charge is 2.32. The number of nitrogens with one attached hydrogen (secondary N) is 1. The average molecular weight is 451 g/mol. The fourth-order valence-electron chi connectivity index (χ4n) is 3.11. The van der Waals surface area contributed by atoms with Crippen molar-refractivity contribution in [2.24, 2.45) is 4.99 Å². The second kappa shape index (κ2) is 9.19. The molecule has 0 radical (unpaired) electrons. The third-order valence-corrected chi connectivity index (χ3v) is 4.80. The molecule has 1 saturated carbocycles. The van der Waals surface area contributed by atoms with E-state index in [1.165, 1.54) is 12.8 Å². The molecule has 1 unspecified atom stereocenters. The summed E-state index contributed by atoms with van der Waals surface area (Å²) in [5.41, 5.74) is 0.